The van der Waals surface area contributed by atoms with Crippen LogP contribution in [0.3, 0.4) is 0 Å². The van der Waals surface area contributed by atoms with Crippen molar-refractivity contribution in [2.75, 3.05) is 7.11 Å². The fourth-order valence-corrected chi connectivity index (χ4v) is 3.12. The molecular formula is C21H21NO5. The Hall–Kier alpha value is -3.15. The van der Waals surface area contributed by atoms with E-state index in [4.69, 9.17) is 9.47 Å². The average Bonchev–Trinajstić information content (AvgIpc) is 2.91. The maximum atomic E-state index is 12.9. The standard InChI is InChI=1S/C21H21NO5/c1-13(2)12-16(21(25)27-18-11-7-6-10-17(18)26-3)22-19(23)14-8-4-5-9-15(14)20(22)24/h4-11,13,16H,12H2,1-3H3/t16-/m1/s1. The van der Waals surface area contributed by atoms with E-state index in [2.05, 4.69) is 0 Å². The number of benzene rings is 2. The predicted molar refractivity (Wildman–Crippen MR) is 98.8 cm³/mol. The van der Waals surface area contributed by atoms with Crippen molar-refractivity contribution in [3.8, 4) is 11.5 Å². The quantitative estimate of drug-likeness (QED) is 0.445. The molecule has 6 nitrogen and oxygen atoms in total. The van der Waals surface area contributed by atoms with Gasteiger partial charge in [0.1, 0.15) is 6.04 Å². The lowest BCUT2D eigenvalue weighted by molar-refractivity contribution is -0.139. The molecule has 1 heterocycles. The van der Waals surface area contributed by atoms with E-state index in [1.54, 1.807) is 48.5 Å². The van der Waals surface area contributed by atoms with Crippen molar-refractivity contribution >= 4 is 17.8 Å². The zero-order valence-electron chi connectivity index (χ0n) is 15.5. The number of methoxy groups -OCH3 is 1. The second-order valence-corrected chi connectivity index (χ2v) is 6.74. The molecule has 0 radical (unpaired) electrons. The van der Waals surface area contributed by atoms with Gasteiger partial charge < -0.3 is 9.47 Å². The smallest absolute Gasteiger partial charge is 0.334 e. The molecule has 0 saturated carbocycles. The molecule has 0 fully saturated rings. The summed E-state index contributed by atoms with van der Waals surface area (Å²) in [6.45, 7) is 3.84. The number of fused-ring (bicyclic) bond motifs is 1. The molecule has 140 valence electrons. The van der Waals surface area contributed by atoms with Crippen molar-refractivity contribution in [2.24, 2.45) is 5.92 Å². The third-order valence-electron chi connectivity index (χ3n) is 4.38. The lowest BCUT2D eigenvalue weighted by atomic mass is 10.0. The van der Waals surface area contributed by atoms with Gasteiger partial charge in [0.15, 0.2) is 11.5 Å². The summed E-state index contributed by atoms with van der Waals surface area (Å²) in [5, 5.41) is 0. The van der Waals surface area contributed by atoms with Gasteiger partial charge in [0.2, 0.25) is 0 Å². The number of carbonyl (C=O) groups is 3. The molecule has 0 aromatic heterocycles. The van der Waals surface area contributed by atoms with E-state index < -0.39 is 23.8 Å². The van der Waals surface area contributed by atoms with Crippen molar-refractivity contribution in [3.63, 3.8) is 0 Å². The van der Waals surface area contributed by atoms with Gasteiger partial charge in [-0.15, -0.1) is 0 Å². The summed E-state index contributed by atoms with van der Waals surface area (Å²) in [6, 6.07) is 12.3. The summed E-state index contributed by atoms with van der Waals surface area (Å²) >= 11 is 0. The maximum absolute atomic E-state index is 12.9. The van der Waals surface area contributed by atoms with Crippen LogP contribution in [-0.2, 0) is 4.79 Å². The van der Waals surface area contributed by atoms with E-state index in [1.807, 2.05) is 13.8 Å². The number of imide groups is 1. The van der Waals surface area contributed by atoms with Crippen molar-refractivity contribution < 1.29 is 23.9 Å². The highest BCUT2D eigenvalue weighted by molar-refractivity contribution is 6.22. The van der Waals surface area contributed by atoms with Gasteiger partial charge in [-0.05, 0) is 36.6 Å². The first-order valence-electron chi connectivity index (χ1n) is 8.75. The molecule has 3 rings (SSSR count). The lowest BCUT2D eigenvalue weighted by Gasteiger charge is -2.26. The van der Waals surface area contributed by atoms with E-state index in [0.717, 1.165) is 4.90 Å². The van der Waals surface area contributed by atoms with Crippen LogP contribution in [0.2, 0.25) is 0 Å². The van der Waals surface area contributed by atoms with Crippen molar-refractivity contribution in [2.45, 2.75) is 26.3 Å². The molecule has 0 aliphatic carbocycles. The molecule has 1 aliphatic heterocycles. The Balaban J connectivity index is 1.92. The van der Waals surface area contributed by atoms with E-state index in [0.29, 0.717) is 23.3 Å². The number of ether oxygens (including phenoxy) is 2. The van der Waals surface area contributed by atoms with Crippen LogP contribution in [0.15, 0.2) is 48.5 Å². The molecule has 2 aromatic carbocycles. The molecule has 27 heavy (non-hydrogen) atoms. The Morgan fingerprint density at radius 3 is 1.96 bits per heavy atom. The lowest BCUT2D eigenvalue weighted by Crippen LogP contribution is -2.47. The predicted octanol–water partition coefficient (Wildman–Crippen LogP) is 3.31. The van der Waals surface area contributed by atoms with Crippen LogP contribution in [0.5, 0.6) is 11.5 Å². The SMILES string of the molecule is COc1ccccc1OC(=O)[C@@H](CC(C)C)N1C(=O)c2ccccc2C1=O. The second-order valence-electron chi connectivity index (χ2n) is 6.74. The molecule has 2 amide bonds. The second kappa shape index (κ2) is 7.61. The first-order chi connectivity index (χ1) is 12.9. The summed E-state index contributed by atoms with van der Waals surface area (Å²) in [4.78, 5) is 39.5. The average molecular weight is 367 g/mol. The third-order valence-corrected chi connectivity index (χ3v) is 4.38. The summed E-state index contributed by atoms with van der Waals surface area (Å²) < 4.78 is 10.7. The monoisotopic (exact) mass is 367 g/mol. The highest BCUT2D eigenvalue weighted by Gasteiger charge is 2.43. The first kappa shape index (κ1) is 18.6. The van der Waals surface area contributed by atoms with E-state index in [1.165, 1.54) is 7.11 Å². The van der Waals surface area contributed by atoms with Gasteiger partial charge in [0.05, 0.1) is 18.2 Å². The zero-order chi connectivity index (χ0) is 19.6. The Morgan fingerprint density at radius 1 is 0.926 bits per heavy atom. The normalized spacial score (nSPS) is 14.3. The fraction of sp³-hybridized carbons (Fsp3) is 0.286. The molecule has 2 aromatic rings. The van der Waals surface area contributed by atoms with Gasteiger partial charge in [0.25, 0.3) is 11.8 Å². The number of amides is 2. The molecule has 1 aliphatic rings. The van der Waals surface area contributed by atoms with Crippen LogP contribution >= 0.6 is 0 Å². The van der Waals surface area contributed by atoms with Crippen LogP contribution in [0, 0.1) is 5.92 Å². The van der Waals surface area contributed by atoms with Crippen LogP contribution < -0.4 is 9.47 Å². The van der Waals surface area contributed by atoms with Crippen molar-refractivity contribution in [1.29, 1.82) is 0 Å². The van der Waals surface area contributed by atoms with Crippen LogP contribution in [0.4, 0.5) is 0 Å². The van der Waals surface area contributed by atoms with Gasteiger partial charge in [0, 0.05) is 0 Å². The number of hydrogen-bond donors (Lipinski definition) is 0. The highest BCUT2D eigenvalue weighted by atomic mass is 16.6. The Kier molecular flexibility index (Phi) is 5.26. The topological polar surface area (TPSA) is 72.9 Å². The largest absolute Gasteiger partial charge is 0.493 e. The minimum Gasteiger partial charge on any atom is -0.493 e. The van der Waals surface area contributed by atoms with Crippen LogP contribution in [0.25, 0.3) is 0 Å². The van der Waals surface area contributed by atoms with Crippen molar-refractivity contribution in [1.82, 2.24) is 4.90 Å². The Morgan fingerprint density at radius 2 is 1.44 bits per heavy atom. The maximum Gasteiger partial charge on any atom is 0.334 e. The number of rotatable bonds is 6. The number of para-hydroxylation sites is 2. The molecule has 0 saturated heterocycles. The summed E-state index contributed by atoms with van der Waals surface area (Å²) in [6.07, 6.45) is 0.305. The van der Waals surface area contributed by atoms with Crippen LogP contribution in [-0.4, -0.2) is 35.8 Å². The Labute approximate surface area is 157 Å². The van der Waals surface area contributed by atoms with Gasteiger partial charge in [-0.25, -0.2) is 4.79 Å². The highest BCUT2D eigenvalue weighted by Crippen LogP contribution is 2.30. The van der Waals surface area contributed by atoms with E-state index in [-0.39, 0.29) is 11.7 Å². The van der Waals surface area contributed by atoms with Crippen molar-refractivity contribution in [3.05, 3.63) is 59.7 Å². The molecular weight excluding hydrogens is 346 g/mol. The van der Waals surface area contributed by atoms with Gasteiger partial charge >= 0.3 is 5.97 Å². The minimum atomic E-state index is -1.01. The number of esters is 1. The molecule has 0 unspecified atom stereocenters. The third kappa shape index (κ3) is 3.56. The van der Waals surface area contributed by atoms with Gasteiger partial charge in [-0.3, -0.25) is 14.5 Å². The van der Waals surface area contributed by atoms with Gasteiger partial charge in [-0.2, -0.15) is 0 Å². The molecule has 0 bridgehead atoms. The van der Waals surface area contributed by atoms with E-state index >= 15 is 0 Å². The summed E-state index contributed by atoms with van der Waals surface area (Å²) in [7, 11) is 1.47. The molecule has 1 atom stereocenters. The molecule has 0 N–H and O–H groups in total. The summed E-state index contributed by atoms with van der Waals surface area (Å²) in [5.74, 6) is -0.893. The minimum absolute atomic E-state index is 0.0736. The first-order valence-corrected chi connectivity index (χ1v) is 8.75. The number of hydrogen-bond acceptors (Lipinski definition) is 5. The Bertz CT molecular complexity index is 855. The molecule has 6 heteroatoms. The summed E-state index contributed by atoms with van der Waals surface area (Å²) in [5.41, 5.74) is 0.614. The zero-order valence-corrected chi connectivity index (χ0v) is 15.5. The van der Waals surface area contributed by atoms with E-state index in [9.17, 15) is 14.4 Å². The number of carbonyl (C=O) groups excluding carboxylic acids is 3. The van der Waals surface area contributed by atoms with Gasteiger partial charge in [-0.1, -0.05) is 38.1 Å². The molecule has 0 spiro atoms. The van der Waals surface area contributed by atoms with Crippen LogP contribution in [0.1, 0.15) is 41.0 Å². The fourth-order valence-electron chi connectivity index (χ4n) is 3.12. The number of nitrogens with zero attached hydrogens (tertiary/aromatic N) is 1.